The second kappa shape index (κ2) is 13.0. The molecule has 1 atom stereocenters. The van der Waals surface area contributed by atoms with Crippen molar-refractivity contribution in [3.05, 3.63) is 130 Å². The fraction of sp³-hybridized carbons (Fsp3) is 0.222. The van der Waals surface area contributed by atoms with Gasteiger partial charge in [0.05, 0.1) is 30.0 Å². The highest BCUT2D eigenvalue weighted by molar-refractivity contribution is 6.03. The number of carbonyl (C=O) groups is 2. The molecule has 0 saturated heterocycles. The van der Waals surface area contributed by atoms with E-state index in [1.54, 1.807) is 63.9 Å². The number of carbonyl (C=O) groups excluding carboxylic acids is 2. The van der Waals surface area contributed by atoms with Gasteiger partial charge in [0, 0.05) is 30.6 Å². The summed E-state index contributed by atoms with van der Waals surface area (Å²) in [5.41, 5.74) is 7.99. The summed E-state index contributed by atoms with van der Waals surface area (Å²) >= 11 is 0. The molecule has 3 heterocycles. The Morgan fingerprint density at radius 3 is 2.31 bits per heavy atom. The predicted octanol–water partition coefficient (Wildman–Crippen LogP) is 5.22. The lowest BCUT2D eigenvalue weighted by Crippen LogP contribution is -2.45. The second-order valence-electron chi connectivity index (χ2n) is 11.6. The molecule has 2 aromatic heterocycles. The van der Waals surface area contributed by atoms with Crippen molar-refractivity contribution in [2.75, 3.05) is 13.7 Å². The Balaban J connectivity index is 0.000000353. The maximum Gasteiger partial charge on any atom is 0.412 e. The van der Waals surface area contributed by atoms with Crippen molar-refractivity contribution in [2.45, 2.75) is 37.9 Å². The van der Waals surface area contributed by atoms with E-state index in [0.29, 0.717) is 40.4 Å². The van der Waals surface area contributed by atoms with Crippen molar-refractivity contribution in [2.24, 2.45) is 5.73 Å². The number of allylic oxidation sites excluding steroid dienone is 3. The highest BCUT2D eigenvalue weighted by atomic mass is 19.4. The summed E-state index contributed by atoms with van der Waals surface area (Å²) in [6.45, 7) is 3.11. The highest BCUT2D eigenvalue weighted by Crippen LogP contribution is 2.49. The van der Waals surface area contributed by atoms with Crippen LogP contribution in [0.15, 0.2) is 102 Å². The Labute approximate surface area is 278 Å². The molecule has 4 N–H and O–H groups in total. The number of hydrogen-bond acceptors (Lipinski definition) is 5. The number of aryl methyl sites for hydroxylation is 1. The number of H-pyrrole nitrogens is 1. The normalized spacial score (nSPS) is 17.3. The van der Waals surface area contributed by atoms with Crippen LogP contribution in [0.2, 0.25) is 0 Å². The molecular formula is C36H33F3N6O4. The smallest absolute Gasteiger partial charge is 0.412 e. The first kappa shape index (κ1) is 33.1. The molecule has 13 heteroatoms. The molecule has 7 rings (SSSR count). The van der Waals surface area contributed by atoms with Crippen LogP contribution in [0.1, 0.15) is 40.5 Å². The summed E-state index contributed by atoms with van der Waals surface area (Å²) in [4.78, 5) is 37.3. The lowest BCUT2D eigenvalue weighted by atomic mass is 9.65. The number of fused-ring (bicyclic) bond motifs is 2. The maximum absolute atomic E-state index is 13.8. The number of ether oxygens (including phenoxy) is 1. The van der Waals surface area contributed by atoms with Gasteiger partial charge < -0.3 is 15.8 Å². The molecule has 0 fully saturated rings. The fourth-order valence-electron chi connectivity index (χ4n) is 6.45. The zero-order chi connectivity index (χ0) is 34.9. The van der Waals surface area contributed by atoms with Crippen LogP contribution >= 0.6 is 0 Å². The number of nitrogens with two attached hydrogens (primary N) is 1. The predicted molar refractivity (Wildman–Crippen MR) is 178 cm³/mol. The summed E-state index contributed by atoms with van der Waals surface area (Å²) < 4.78 is 50.0. The number of amides is 2. The SMILES string of the molecule is CCn1c(=O)n(-c2ccc(C3=CC=C(C(F)(F)F)CC3(C(N)=O)c3ccc(OC)cc3)cc2)c2ccccc21.O=C1NCCc2cn[nH]c21. The number of halogens is 3. The first-order valence-electron chi connectivity index (χ1n) is 15.5. The molecule has 0 spiro atoms. The lowest BCUT2D eigenvalue weighted by molar-refractivity contribution is -0.122. The van der Waals surface area contributed by atoms with Crippen molar-refractivity contribution in [3.8, 4) is 11.4 Å². The van der Waals surface area contributed by atoms with Crippen LogP contribution in [-0.2, 0) is 23.2 Å². The van der Waals surface area contributed by atoms with Gasteiger partial charge in [0.2, 0.25) is 5.91 Å². The summed E-state index contributed by atoms with van der Waals surface area (Å²) in [5.74, 6) is -0.453. The van der Waals surface area contributed by atoms with E-state index in [0.717, 1.165) is 35.6 Å². The van der Waals surface area contributed by atoms with Gasteiger partial charge in [-0.25, -0.2) is 4.79 Å². The van der Waals surface area contributed by atoms with Gasteiger partial charge in [-0.2, -0.15) is 18.3 Å². The van der Waals surface area contributed by atoms with E-state index >= 15 is 0 Å². The van der Waals surface area contributed by atoms with E-state index < -0.39 is 29.5 Å². The summed E-state index contributed by atoms with van der Waals surface area (Å²) in [6.07, 6.45) is -0.382. The average molecular weight is 671 g/mol. The monoisotopic (exact) mass is 670 g/mol. The van der Waals surface area contributed by atoms with Gasteiger partial charge in [0.1, 0.15) is 16.9 Å². The van der Waals surface area contributed by atoms with Gasteiger partial charge in [-0.15, -0.1) is 0 Å². The Hall–Kier alpha value is -5.85. The molecule has 252 valence electrons. The third kappa shape index (κ3) is 5.92. The van der Waals surface area contributed by atoms with Crippen LogP contribution in [0.25, 0.3) is 22.3 Å². The molecule has 3 aromatic carbocycles. The van der Waals surface area contributed by atoms with Gasteiger partial charge in [0.25, 0.3) is 5.91 Å². The summed E-state index contributed by atoms with van der Waals surface area (Å²) in [7, 11) is 1.47. The molecule has 0 bridgehead atoms. The Kier molecular flexibility index (Phi) is 8.76. The van der Waals surface area contributed by atoms with Gasteiger partial charge in [0.15, 0.2) is 0 Å². The fourth-order valence-corrected chi connectivity index (χ4v) is 6.45. The van der Waals surface area contributed by atoms with Crippen LogP contribution < -0.4 is 21.5 Å². The third-order valence-electron chi connectivity index (χ3n) is 8.95. The molecule has 2 amide bonds. The molecule has 1 unspecified atom stereocenters. The quantitative estimate of drug-likeness (QED) is 0.228. The third-order valence-corrected chi connectivity index (χ3v) is 8.95. The van der Waals surface area contributed by atoms with Gasteiger partial charge >= 0.3 is 11.9 Å². The molecule has 1 aliphatic carbocycles. The van der Waals surface area contributed by atoms with E-state index in [2.05, 4.69) is 15.5 Å². The topological polar surface area (TPSA) is 137 Å². The molecule has 0 radical (unpaired) electrons. The second-order valence-corrected chi connectivity index (χ2v) is 11.6. The zero-order valence-corrected chi connectivity index (χ0v) is 26.7. The van der Waals surface area contributed by atoms with E-state index in [4.69, 9.17) is 10.5 Å². The van der Waals surface area contributed by atoms with Gasteiger partial charge in [-0.3, -0.25) is 23.8 Å². The lowest BCUT2D eigenvalue weighted by Gasteiger charge is -2.37. The van der Waals surface area contributed by atoms with Crippen molar-refractivity contribution in [1.29, 1.82) is 0 Å². The van der Waals surface area contributed by atoms with Crippen LogP contribution in [0.4, 0.5) is 13.2 Å². The number of rotatable bonds is 6. The molecule has 2 aliphatic rings. The molecule has 10 nitrogen and oxygen atoms in total. The number of primary amides is 1. The molecule has 5 aromatic rings. The summed E-state index contributed by atoms with van der Waals surface area (Å²) in [6, 6.07) is 20.5. The first-order valence-corrected chi connectivity index (χ1v) is 15.5. The first-order chi connectivity index (χ1) is 23.5. The number of para-hydroxylation sites is 2. The number of alkyl halides is 3. The number of methoxy groups -OCH3 is 1. The number of aromatic nitrogens is 4. The van der Waals surface area contributed by atoms with Crippen LogP contribution in [0, 0.1) is 0 Å². The maximum atomic E-state index is 13.8. The van der Waals surface area contributed by atoms with Crippen molar-refractivity contribution in [1.82, 2.24) is 24.6 Å². The minimum atomic E-state index is -4.63. The van der Waals surface area contributed by atoms with Gasteiger partial charge in [-0.05, 0) is 66.4 Å². The molecule has 49 heavy (non-hydrogen) atoms. The Morgan fingerprint density at radius 2 is 1.69 bits per heavy atom. The minimum Gasteiger partial charge on any atom is -0.497 e. The number of nitrogens with zero attached hydrogens (tertiary/aromatic N) is 3. The van der Waals surface area contributed by atoms with E-state index in [1.165, 1.54) is 13.2 Å². The Morgan fingerprint density at radius 1 is 1.00 bits per heavy atom. The molecule has 0 saturated carbocycles. The highest BCUT2D eigenvalue weighted by Gasteiger charge is 2.49. The number of hydrogen-bond donors (Lipinski definition) is 3. The standard InChI is InChI=1S/C30H26F3N3O3.C6H7N3O/c1-3-35-25-6-4-5-7-26(25)36(28(35)38)22-13-8-19(9-14-22)24-17-12-21(30(31,32)33)18-29(24,27(34)37)20-10-15-23(39-2)16-11-20;10-6-5-4(1-2-7-6)3-8-9-5/h4-17H,3,18H2,1-2H3,(H2,34,37);3H,1-2H2,(H,7,10)(H,8,9). The van der Waals surface area contributed by atoms with Crippen LogP contribution in [-0.4, -0.2) is 51.0 Å². The number of imidazole rings is 1. The number of nitrogens with one attached hydrogen (secondary N) is 2. The van der Waals surface area contributed by atoms with Crippen LogP contribution in [0.5, 0.6) is 5.75 Å². The molecule has 1 aliphatic heterocycles. The van der Waals surface area contributed by atoms with E-state index in [-0.39, 0.29) is 11.6 Å². The number of aromatic amines is 1. The van der Waals surface area contributed by atoms with Gasteiger partial charge in [-0.1, -0.05) is 48.6 Å². The van der Waals surface area contributed by atoms with Crippen molar-refractivity contribution >= 4 is 28.4 Å². The number of benzene rings is 3. The largest absolute Gasteiger partial charge is 0.497 e. The van der Waals surface area contributed by atoms with Crippen LogP contribution in [0.3, 0.4) is 0 Å². The van der Waals surface area contributed by atoms with Crippen molar-refractivity contribution < 1.29 is 27.5 Å². The average Bonchev–Trinajstić information content (AvgIpc) is 3.70. The zero-order valence-electron chi connectivity index (χ0n) is 26.7. The summed E-state index contributed by atoms with van der Waals surface area (Å²) in [5, 5.41) is 9.13. The van der Waals surface area contributed by atoms with E-state index in [1.807, 2.05) is 31.2 Å². The minimum absolute atomic E-state index is 0.0428. The van der Waals surface area contributed by atoms with E-state index in [9.17, 15) is 27.6 Å². The molecular weight excluding hydrogens is 637 g/mol. The Bertz CT molecular complexity index is 2160. The van der Waals surface area contributed by atoms with Crippen molar-refractivity contribution in [3.63, 3.8) is 0 Å².